The normalized spacial score (nSPS) is 12.3. The van der Waals surface area contributed by atoms with E-state index >= 15 is 0 Å². The van der Waals surface area contributed by atoms with E-state index in [-0.39, 0.29) is 0 Å². The van der Waals surface area contributed by atoms with Gasteiger partial charge in [-0.3, -0.25) is 4.79 Å². The van der Waals surface area contributed by atoms with Gasteiger partial charge in [-0.05, 0) is 12.1 Å². The molecule has 0 amide bonds. The number of halogens is 3. The topological polar surface area (TPSA) is 52.3 Å². The molecule has 0 radical (unpaired) electrons. The van der Waals surface area contributed by atoms with E-state index in [9.17, 15) is 13.6 Å². The first-order chi connectivity index (χ1) is 6.99. The highest BCUT2D eigenvalue weighted by Gasteiger charge is 2.24. The van der Waals surface area contributed by atoms with Crippen molar-refractivity contribution in [2.75, 3.05) is 7.11 Å². The summed E-state index contributed by atoms with van der Waals surface area (Å²) in [6.45, 7) is 0. The fourth-order valence-electron chi connectivity index (χ4n) is 1.07. The van der Waals surface area contributed by atoms with E-state index in [1.54, 1.807) is 0 Å². The van der Waals surface area contributed by atoms with Crippen LogP contribution in [-0.4, -0.2) is 13.1 Å². The molecule has 0 bridgehead atoms. The molecule has 0 aromatic heterocycles. The van der Waals surface area contributed by atoms with Crippen LogP contribution in [0.4, 0.5) is 8.78 Å². The lowest BCUT2D eigenvalue weighted by Crippen LogP contribution is -2.24. The molecule has 82 valence electrons. The second-order valence-corrected chi connectivity index (χ2v) is 3.14. The van der Waals surface area contributed by atoms with Crippen molar-refractivity contribution < 1.29 is 18.3 Å². The summed E-state index contributed by atoms with van der Waals surface area (Å²) in [5.74, 6) is -2.58. The Bertz CT molecular complexity index is 398. The number of carbonyl (C=O) groups excluding carboxylic acids is 1. The summed E-state index contributed by atoms with van der Waals surface area (Å²) in [6, 6.07) is 0.267. The van der Waals surface area contributed by atoms with Gasteiger partial charge in [-0.2, -0.15) is 0 Å². The molecule has 6 heteroatoms. The number of benzene rings is 1. The second-order valence-electron chi connectivity index (χ2n) is 2.76. The summed E-state index contributed by atoms with van der Waals surface area (Å²) in [4.78, 5) is 11.0. The molecule has 1 rings (SSSR count). The van der Waals surface area contributed by atoms with Gasteiger partial charge in [0.05, 0.1) is 12.1 Å². The molecule has 0 heterocycles. The van der Waals surface area contributed by atoms with Gasteiger partial charge in [-0.15, -0.1) is 0 Å². The standard InChI is InChI=1S/C9H8ClF2NO2/c1-15-9(14)8(13)6-4(11)2-3-5(12)7(6)10/h2-3,8H,13H2,1H3/t8-/m1/s1. The molecule has 1 atom stereocenters. The number of methoxy groups -OCH3 is 1. The van der Waals surface area contributed by atoms with Crippen LogP contribution < -0.4 is 5.73 Å². The molecule has 0 saturated heterocycles. The van der Waals surface area contributed by atoms with E-state index in [4.69, 9.17) is 17.3 Å². The predicted molar refractivity (Wildman–Crippen MR) is 50.3 cm³/mol. The highest BCUT2D eigenvalue weighted by atomic mass is 35.5. The van der Waals surface area contributed by atoms with E-state index in [1.807, 2.05) is 0 Å². The lowest BCUT2D eigenvalue weighted by molar-refractivity contribution is -0.142. The van der Waals surface area contributed by atoms with Crippen LogP contribution in [0, 0.1) is 11.6 Å². The number of hydrogen-bond acceptors (Lipinski definition) is 3. The van der Waals surface area contributed by atoms with Crippen LogP contribution in [-0.2, 0) is 9.53 Å². The van der Waals surface area contributed by atoms with Gasteiger partial charge in [0.2, 0.25) is 0 Å². The number of hydrogen-bond donors (Lipinski definition) is 1. The number of nitrogens with two attached hydrogens (primary N) is 1. The second kappa shape index (κ2) is 4.55. The van der Waals surface area contributed by atoms with Crippen molar-refractivity contribution in [1.82, 2.24) is 0 Å². The average Bonchev–Trinajstić information content (AvgIpc) is 2.22. The summed E-state index contributed by atoms with van der Waals surface area (Å²) >= 11 is 5.49. The molecule has 15 heavy (non-hydrogen) atoms. The van der Waals surface area contributed by atoms with Gasteiger partial charge in [0.15, 0.2) is 0 Å². The van der Waals surface area contributed by atoms with Crippen LogP contribution in [0.1, 0.15) is 11.6 Å². The summed E-state index contributed by atoms with van der Waals surface area (Å²) in [5, 5.41) is -0.507. The molecule has 0 aliphatic heterocycles. The Morgan fingerprint density at radius 1 is 1.47 bits per heavy atom. The first-order valence-corrected chi connectivity index (χ1v) is 4.33. The van der Waals surface area contributed by atoms with Gasteiger partial charge in [-0.1, -0.05) is 11.6 Å². The molecule has 0 aliphatic rings. The lowest BCUT2D eigenvalue weighted by atomic mass is 10.1. The SMILES string of the molecule is COC(=O)[C@H](N)c1c(F)ccc(F)c1Cl. The van der Waals surface area contributed by atoms with Crippen molar-refractivity contribution in [2.24, 2.45) is 5.73 Å². The quantitative estimate of drug-likeness (QED) is 0.628. The first kappa shape index (κ1) is 11.9. The molecule has 2 N–H and O–H groups in total. The fraction of sp³-hybridized carbons (Fsp3) is 0.222. The monoisotopic (exact) mass is 235 g/mol. The Morgan fingerprint density at radius 2 is 2.00 bits per heavy atom. The van der Waals surface area contributed by atoms with Crippen molar-refractivity contribution in [3.05, 3.63) is 34.4 Å². The van der Waals surface area contributed by atoms with E-state index in [1.165, 1.54) is 0 Å². The third kappa shape index (κ3) is 2.24. The molecule has 1 aromatic rings. The summed E-state index contributed by atoms with van der Waals surface area (Å²) < 4.78 is 30.5. The molecule has 0 aliphatic carbocycles. The third-order valence-corrected chi connectivity index (χ3v) is 2.23. The van der Waals surface area contributed by atoms with Gasteiger partial charge in [0, 0.05) is 5.56 Å². The minimum atomic E-state index is -1.43. The van der Waals surface area contributed by atoms with Crippen LogP contribution in [0.25, 0.3) is 0 Å². The third-order valence-electron chi connectivity index (χ3n) is 1.85. The first-order valence-electron chi connectivity index (χ1n) is 3.95. The van der Waals surface area contributed by atoms with Crippen molar-refractivity contribution in [2.45, 2.75) is 6.04 Å². The molecule has 3 nitrogen and oxygen atoms in total. The molecule has 0 spiro atoms. The zero-order chi connectivity index (χ0) is 11.6. The Kier molecular flexibility index (Phi) is 3.60. The summed E-state index contributed by atoms with van der Waals surface area (Å²) in [6.07, 6.45) is 0. The largest absolute Gasteiger partial charge is 0.468 e. The number of ether oxygens (including phenoxy) is 1. The average molecular weight is 236 g/mol. The van der Waals surface area contributed by atoms with Crippen LogP contribution in [0.3, 0.4) is 0 Å². The number of carbonyl (C=O) groups is 1. The minimum absolute atomic E-state index is 0.400. The highest BCUT2D eigenvalue weighted by molar-refractivity contribution is 6.31. The van der Waals surface area contributed by atoms with Gasteiger partial charge in [0.25, 0.3) is 0 Å². The van der Waals surface area contributed by atoms with E-state index in [0.29, 0.717) is 0 Å². The van der Waals surface area contributed by atoms with E-state index in [2.05, 4.69) is 4.74 Å². The molecule has 0 fully saturated rings. The van der Waals surface area contributed by atoms with Crippen LogP contribution in [0.15, 0.2) is 12.1 Å². The smallest absolute Gasteiger partial charge is 0.327 e. The Hall–Kier alpha value is -1.20. The fourth-order valence-corrected chi connectivity index (χ4v) is 1.34. The van der Waals surface area contributed by atoms with Crippen LogP contribution >= 0.6 is 11.6 Å². The Labute approximate surface area is 89.8 Å². The predicted octanol–water partition coefficient (Wildman–Crippen LogP) is 1.79. The zero-order valence-corrected chi connectivity index (χ0v) is 8.52. The van der Waals surface area contributed by atoms with Crippen molar-refractivity contribution in [3.8, 4) is 0 Å². The molecular formula is C9H8ClF2NO2. The van der Waals surface area contributed by atoms with Crippen LogP contribution in [0.5, 0.6) is 0 Å². The number of rotatable bonds is 2. The lowest BCUT2D eigenvalue weighted by Gasteiger charge is -2.12. The Balaban J connectivity index is 3.24. The molecule has 0 saturated carbocycles. The number of esters is 1. The van der Waals surface area contributed by atoms with E-state index < -0.39 is 34.2 Å². The van der Waals surface area contributed by atoms with Crippen molar-refractivity contribution >= 4 is 17.6 Å². The maximum absolute atomic E-state index is 13.2. The maximum atomic E-state index is 13.2. The van der Waals surface area contributed by atoms with Gasteiger partial charge in [-0.25, -0.2) is 8.78 Å². The molecular weight excluding hydrogens is 228 g/mol. The highest BCUT2D eigenvalue weighted by Crippen LogP contribution is 2.27. The zero-order valence-electron chi connectivity index (χ0n) is 7.76. The van der Waals surface area contributed by atoms with Gasteiger partial charge in [0.1, 0.15) is 17.7 Å². The molecule has 0 unspecified atom stereocenters. The minimum Gasteiger partial charge on any atom is -0.468 e. The van der Waals surface area contributed by atoms with E-state index in [0.717, 1.165) is 19.2 Å². The Morgan fingerprint density at radius 3 is 2.53 bits per heavy atom. The van der Waals surface area contributed by atoms with Crippen LogP contribution in [0.2, 0.25) is 5.02 Å². The van der Waals surface area contributed by atoms with Gasteiger partial charge >= 0.3 is 5.97 Å². The van der Waals surface area contributed by atoms with Gasteiger partial charge < -0.3 is 10.5 Å². The van der Waals surface area contributed by atoms with Crippen molar-refractivity contribution in [1.29, 1.82) is 0 Å². The maximum Gasteiger partial charge on any atom is 0.327 e. The molecule has 1 aromatic carbocycles. The summed E-state index contributed by atoms with van der Waals surface area (Å²) in [7, 11) is 1.09. The summed E-state index contributed by atoms with van der Waals surface area (Å²) in [5.41, 5.74) is 4.95. The van der Waals surface area contributed by atoms with Crippen molar-refractivity contribution in [3.63, 3.8) is 0 Å².